The van der Waals surface area contributed by atoms with E-state index in [1.54, 1.807) is 0 Å². The average Bonchev–Trinajstić information content (AvgIpc) is 2.61. The van der Waals surface area contributed by atoms with Crippen LogP contribution in [0, 0.1) is 0 Å². The summed E-state index contributed by atoms with van der Waals surface area (Å²) in [6.45, 7) is 3.50. The largest absolute Gasteiger partial charge is 0.388 e. The highest BCUT2D eigenvalue weighted by atomic mass is 16.3. The molecule has 24 heavy (non-hydrogen) atoms. The SMILES string of the molecule is CCC(=O)Nc1ccc(C(O)CCN(C)Cc2ccccc2)cc1. The smallest absolute Gasteiger partial charge is 0.224 e. The average molecular weight is 326 g/mol. The maximum absolute atomic E-state index is 11.4. The van der Waals surface area contributed by atoms with Crippen LogP contribution in [0.4, 0.5) is 5.69 Å². The number of carbonyl (C=O) groups is 1. The lowest BCUT2D eigenvalue weighted by molar-refractivity contribution is -0.115. The zero-order chi connectivity index (χ0) is 17.4. The summed E-state index contributed by atoms with van der Waals surface area (Å²) in [5.74, 6) is -0.00849. The van der Waals surface area contributed by atoms with Gasteiger partial charge in [0.05, 0.1) is 6.10 Å². The lowest BCUT2D eigenvalue weighted by atomic mass is 10.1. The number of hydrogen-bond donors (Lipinski definition) is 2. The molecule has 0 aliphatic heterocycles. The van der Waals surface area contributed by atoms with Gasteiger partial charge >= 0.3 is 0 Å². The minimum atomic E-state index is -0.501. The molecule has 1 unspecified atom stereocenters. The predicted molar refractivity (Wildman–Crippen MR) is 97.7 cm³/mol. The van der Waals surface area contributed by atoms with Gasteiger partial charge < -0.3 is 15.3 Å². The Kier molecular flexibility index (Phi) is 6.97. The number of amides is 1. The summed E-state index contributed by atoms with van der Waals surface area (Å²) >= 11 is 0. The molecule has 2 aromatic rings. The molecule has 1 atom stereocenters. The highest BCUT2D eigenvalue weighted by molar-refractivity contribution is 5.90. The van der Waals surface area contributed by atoms with E-state index in [-0.39, 0.29) is 5.91 Å². The summed E-state index contributed by atoms with van der Waals surface area (Å²) in [6.07, 6.45) is 0.626. The van der Waals surface area contributed by atoms with Crippen molar-refractivity contribution in [2.24, 2.45) is 0 Å². The molecule has 0 bridgehead atoms. The first-order valence-electron chi connectivity index (χ1n) is 8.39. The molecule has 0 aromatic heterocycles. The molecule has 1 amide bonds. The van der Waals surface area contributed by atoms with Gasteiger partial charge in [0.25, 0.3) is 0 Å². The number of hydrogen-bond acceptors (Lipinski definition) is 3. The van der Waals surface area contributed by atoms with E-state index in [2.05, 4.69) is 29.4 Å². The first-order valence-corrected chi connectivity index (χ1v) is 8.39. The number of aliphatic hydroxyl groups excluding tert-OH is 1. The van der Waals surface area contributed by atoms with Gasteiger partial charge in [0.2, 0.25) is 5.91 Å². The Morgan fingerprint density at radius 2 is 1.79 bits per heavy atom. The predicted octanol–water partition coefficient (Wildman–Crippen LogP) is 3.59. The molecule has 0 aliphatic rings. The summed E-state index contributed by atoms with van der Waals surface area (Å²) in [5, 5.41) is 13.1. The number of anilines is 1. The number of carbonyl (C=O) groups excluding carboxylic acids is 1. The van der Waals surface area contributed by atoms with Crippen LogP contribution in [-0.4, -0.2) is 29.5 Å². The minimum Gasteiger partial charge on any atom is -0.388 e. The van der Waals surface area contributed by atoms with Crippen LogP contribution in [0.25, 0.3) is 0 Å². The molecule has 0 aliphatic carbocycles. The molecule has 0 saturated heterocycles. The van der Waals surface area contributed by atoms with E-state index < -0.39 is 6.10 Å². The Morgan fingerprint density at radius 3 is 2.42 bits per heavy atom. The van der Waals surface area contributed by atoms with Crippen LogP contribution in [0.1, 0.15) is 37.0 Å². The highest BCUT2D eigenvalue weighted by Crippen LogP contribution is 2.19. The first-order chi connectivity index (χ1) is 11.6. The molecular weight excluding hydrogens is 300 g/mol. The molecule has 0 spiro atoms. The second-order valence-corrected chi connectivity index (χ2v) is 6.05. The molecule has 2 rings (SSSR count). The normalized spacial score (nSPS) is 12.2. The van der Waals surface area contributed by atoms with Crippen molar-refractivity contribution in [1.82, 2.24) is 4.90 Å². The first kappa shape index (κ1) is 18.2. The van der Waals surface area contributed by atoms with Gasteiger partial charge in [-0.05, 0) is 36.7 Å². The zero-order valence-electron chi connectivity index (χ0n) is 14.4. The van der Waals surface area contributed by atoms with Crippen molar-refractivity contribution in [3.63, 3.8) is 0 Å². The van der Waals surface area contributed by atoms with E-state index in [0.717, 1.165) is 24.3 Å². The summed E-state index contributed by atoms with van der Waals surface area (Å²) in [7, 11) is 2.06. The molecule has 2 N–H and O–H groups in total. The number of aliphatic hydroxyl groups is 1. The van der Waals surface area contributed by atoms with Crippen molar-refractivity contribution >= 4 is 11.6 Å². The fraction of sp³-hybridized carbons (Fsp3) is 0.350. The highest BCUT2D eigenvalue weighted by Gasteiger charge is 2.10. The van der Waals surface area contributed by atoms with Crippen LogP contribution in [0.15, 0.2) is 54.6 Å². The monoisotopic (exact) mass is 326 g/mol. The van der Waals surface area contributed by atoms with Crippen molar-refractivity contribution < 1.29 is 9.90 Å². The fourth-order valence-electron chi connectivity index (χ4n) is 2.52. The van der Waals surface area contributed by atoms with Gasteiger partial charge in [-0.25, -0.2) is 0 Å². The Morgan fingerprint density at radius 1 is 1.12 bits per heavy atom. The number of benzene rings is 2. The van der Waals surface area contributed by atoms with Gasteiger partial charge in [-0.2, -0.15) is 0 Å². The zero-order valence-corrected chi connectivity index (χ0v) is 14.4. The standard InChI is InChI=1S/C20H26N2O2/c1-3-20(24)21-18-11-9-17(10-12-18)19(23)13-14-22(2)15-16-7-5-4-6-8-16/h4-12,19,23H,3,13-15H2,1-2H3,(H,21,24). The van der Waals surface area contributed by atoms with Crippen molar-refractivity contribution in [3.8, 4) is 0 Å². The lowest BCUT2D eigenvalue weighted by Crippen LogP contribution is -2.20. The third kappa shape index (κ3) is 5.80. The molecule has 0 radical (unpaired) electrons. The van der Waals surface area contributed by atoms with Gasteiger partial charge in [0, 0.05) is 25.2 Å². The van der Waals surface area contributed by atoms with E-state index in [1.807, 2.05) is 49.4 Å². The number of nitrogens with one attached hydrogen (secondary N) is 1. The third-order valence-electron chi connectivity index (χ3n) is 3.98. The van der Waals surface area contributed by atoms with Gasteiger partial charge in [-0.15, -0.1) is 0 Å². The van der Waals surface area contributed by atoms with E-state index in [4.69, 9.17) is 0 Å². The van der Waals surface area contributed by atoms with E-state index in [9.17, 15) is 9.90 Å². The molecule has 0 fully saturated rings. The van der Waals surface area contributed by atoms with E-state index >= 15 is 0 Å². The van der Waals surface area contributed by atoms with Crippen molar-refractivity contribution in [3.05, 3.63) is 65.7 Å². The van der Waals surface area contributed by atoms with E-state index in [0.29, 0.717) is 12.8 Å². The molecule has 0 heterocycles. The van der Waals surface area contributed by atoms with Gasteiger partial charge in [0.15, 0.2) is 0 Å². The summed E-state index contributed by atoms with van der Waals surface area (Å²) in [6, 6.07) is 17.7. The summed E-state index contributed by atoms with van der Waals surface area (Å²) in [5.41, 5.74) is 2.90. The van der Waals surface area contributed by atoms with Gasteiger partial charge in [-0.1, -0.05) is 49.4 Å². The van der Waals surface area contributed by atoms with Crippen molar-refractivity contribution in [2.75, 3.05) is 18.9 Å². The number of nitrogens with zero attached hydrogens (tertiary/aromatic N) is 1. The third-order valence-corrected chi connectivity index (χ3v) is 3.98. The quantitative estimate of drug-likeness (QED) is 0.779. The van der Waals surface area contributed by atoms with E-state index in [1.165, 1.54) is 5.56 Å². The maximum Gasteiger partial charge on any atom is 0.224 e. The molecule has 0 saturated carbocycles. The van der Waals surface area contributed by atoms with Crippen LogP contribution in [0.3, 0.4) is 0 Å². The number of rotatable bonds is 8. The molecular formula is C20H26N2O2. The van der Waals surface area contributed by atoms with Gasteiger partial charge in [0.1, 0.15) is 0 Å². The second-order valence-electron chi connectivity index (χ2n) is 6.05. The molecule has 4 heteroatoms. The van der Waals surface area contributed by atoms with Crippen LogP contribution in [-0.2, 0) is 11.3 Å². The fourth-order valence-corrected chi connectivity index (χ4v) is 2.52. The van der Waals surface area contributed by atoms with Crippen LogP contribution >= 0.6 is 0 Å². The molecule has 2 aromatic carbocycles. The van der Waals surface area contributed by atoms with Crippen molar-refractivity contribution in [2.45, 2.75) is 32.4 Å². The Balaban J connectivity index is 1.81. The lowest BCUT2D eigenvalue weighted by Gasteiger charge is -2.19. The maximum atomic E-state index is 11.4. The molecule has 4 nitrogen and oxygen atoms in total. The summed E-state index contributed by atoms with van der Waals surface area (Å²) < 4.78 is 0. The van der Waals surface area contributed by atoms with Crippen LogP contribution in [0.5, 0.6) is 0 Å². The van der Waals surface area contributed by atoms with Gasteiger partial charge in [-0.3, -0.25) is 4.79 Å². The topological polar surface area (TPSA) is 52.6 Å². The molecule has 128 valence electrons. The van der Waals surface area contributed by atoms with Crippen LogP contribution in [0.2, 0.25) is 0 Å². The summed E-state index contributed by atoms with van der Waals surface area (Å²) in [4.78, 5) is 13.6. The Labute approximate surface area is 144 Å². The Bertz CT molecular complexity index is 626. The van der Waals surface area contributed by atoms with Crippen LogP contribution < -0.4 is 5.32 Å². The Hall–Kier alpha value is -2.17. The van der Waals surface area contributed by atoms with Crippen molar-refractivity contribution in [1.29, 1.82) is 0 Å². The minimum absolute atomic E-state index is 0.00849. The second kappa shape index (κ2) is 9.21.